The van der Waals surface area contributed by atoms with E-state index in [0.29, 0.717) is 16.6 Å². The van der Waals surface area contributed by atoms with E-state index in [4.69, 9.17) is 0 Å². The lowest BCUT2D eigenvalue weighted by Gasteiger charge is -2.07. The van der Waals surface area contributed by atoms with Crippen LogP contribution in [0.5, 0.6) is 0 Å². The highest BCUT2D eigenvalue weighted by atomic mass is 79.9. The number of halogens is 1. The van der Waals surface area contributed by atoms with Gasteiger partial charge in [0.2, 0.25) is 0 Å². The van der Waals surface area contributed by atoms with E-state index in [1.165, 1.54) is 18.2 Å². The van der Waals surface area contributed by atoms with Crippen LogP contribution in [0.25, 0.3) is 10.9 Å². The minimum Gasteiger partial charge on any atom is -0.320 e. The zero-order valence-corrected chi connectivity index (χ0v) is 13.5. The molecule has 0 fully saturated rings. The van der Waals surface area contributed by atoms with Crippen LogP contribution in [0.15, 0.2) is 40.9 Å². The van der Waals surface area contributed by atoms with Gasteiger partial charge in [0, 0.05) is 27.7 Å². The molecule has 1 amide bonds. The quantitative estimate of drug-likeness (QED) is 0.537. The molecule has 0 aliphatic rings. The second-order valence-electron chi connectivity index (χ2n) is 4.97. The molecule has 0 bridgehead atoms. The average molecular weight is 375 g/mol. The van der Waals surface area contributed by atoms with Crippen molar-refractivity contribution >= 4 is 44.1 Å². The lowest BCUT2D eigenvalue weighted by molar-refractivity contribution is -0.384. The van der Waals surface area contributed by atoms with Crippen LogP contribution in [0.3, 0.4) is 0 Å². The first kappa shape index (κ1) is 15.2. The summed E-state index contributed by atoms with van der Waals surface area (Å²) in [4.78, 5) is 22.8. The molecule has 1 aromatic heterocycles. The molecule has 116 valence electrons. The number of H-pyrrole nitrogens is 1. The fraction of sp³-hybridized carbons (Fsp3) is 0.0667. The maximum absolute atomic E-state index is 12.4. The molecule has 0 aliphatic carbocycles. The molecular weight excluding hydrogens is 364 g/mol. The van der Waals surface area contributed by atoms with Gasteiger partial charge in [-0.2, -0.15) is 5.10 Å². The van der Waals surface area contributed by atoms with Crippen LogP contribution in [-0.2, 0) is 0 Å². The summed E-state index contributed by atoms with van der Waals surface area (Å²) >= 11 is 3.36. The lowest BCUT2D eigenvalue weighted by atomic mass is 10.1. The summed E-state index contributed by atoms with van der Waals surface area (Å²) in [5, 5.41) is 20.7. The van der Waals surface area contributed by atoms with Gasteiger partial charge in [-0.1, -0.05) is 15.9 Å². The Morgan fingerprint density at radius 3 is 2.78 bits per heavy atom. The van der Waals surface area contributed by atoms with E-state index >= 15 is 0 Å². The SMILES string of the molecule is Cc1cc(Br)ccc1NC(=O)c1n[nH]c2ccc([N+](=O)[O-])cc12. The molecule has 0 saturated carbocycles. The second kappa shape index (κ2) is 5.81. The van der Waals surface area contributed by atoms with Gasteiger partial charge >= 0.3 is 0 Å². The molecular formula is C15H11BrN4O3. The summed E-state index contributed by atoms with van der Waals surface area (Å²) in [6, 6.07) is 9.69. The molecule has 0 aliphatic heterocycles. The monoisotopic (exact) mass is 374 g/mol. The average Bonchev–Trinajstić information content (AvgIpc) is 2.93. The summed E-state index contributed by atoms with van der Waals surface area (Å²) in [5.41, 5.74) is 2.13. The number of hydrogen-bond acceptors (Lipinski definition) is 4. The number of anilines is 1. The zero-order chi connectivity index (χ0) is 16.6. The summed E-state index contributed by atoms with van der Waals surface area (Å²) < 4.78 is 0.911. The molecule has 0 unspecified atom stereocenters. The number of amides is 1. The minimum atomic E-state index is -0.507. The zero-order valence-electron chi connectivity index (χ0n) is 12.0. The Labute approximate surface area is 139 Å². The van der Waals surface area contributed by atoms with E-state index in [2.05, 4.69) is 31.4 Å². The van der Waals surface area contributed by atoms with E-state index in [9.17, 15) is 14.9 Å². The smallest absolute Gasteiger partial charge is 0.276 e. The van der Waals surface area contributed by atoms with Crippen molar-refractivity contribution in [1.82, 2.24) is 10.2 Å². The number of hydrogen-bond donors (Lipinski definition) is 2. The molecule has 7 nitrogen and oxygen atoms in total. The number of fused-ring (bicyclic) bond motifs is 1. The number of aromatic amines is 1. The Bertz CT molecular complexity index is 936. The molecule has 1 heterocycles. The van der Waals surface area contributed by atoms with E-state index in [1.54, 1.807) is 6.07 Å². The fourth-order valence-electron chi connectivity index (χ4n) is 2.24. The summed E-state index contributed by atoms with van der Waals surface area (Å²) in [6.07, 6.45) is 0. The Morgan fingerprint density at radius 1 is 1.30 bits per heavy atom. The molecule has 2 N–H and O–H groups in total. The van der Waals surface area contributed by atoms with Crippen LogP contribution in [0.1, 0.15) is 16.1 Å². The predicted molar refractivity (Wildman–Crippen MR) is 89.6 cm³/mol. The van der Waals surface area contributed by atoms with Crippen LogP contribution >= 0.6 is 15.9 Å². The van der Waals surface area contributed by atoms with E-state index in [0.717, 1.165) is 10.0 Å². The van der Waals surface area contributed by atoms with Gasteiger partial charge in [0.15, 0.2) is 5.69 Å². The van der Waals surface area contributed by atoms with Crippen molar-refractivity contribution in [3.8, 4) is 0 Å². The fourth-order valence-corrected chi connectivity index (χ4v) is 2.71. The van der Waals surface area contributed by atoms with E-state index in [-0.39, 0.29) is 11.4 Å². The van der Waals surface area contributed by atoms with Crippen LogP contribution < -0.4 is 5.32 Å². The molecule has 2 aromatic carbocycles. The molecule has 0 atom stereocenters. The van der Waals surface area contributed by atoms with E-state index < -0.39 is 10.8 Å². The van der Waals surface area contributed by atoms with E-state index in [1.807, 2.05) is 19.1 Å². The third-order valence-electron chi connectivity index (χ3n) is 3.41. The number of nitro benzene ring substituents is 1. The normalized spacial score (nSPS) is 10.7. The van der Waals surface area contributed by atoms with Crippen molar-refractivity contribution < 1.29 is 9.72 Å². The van der Waals surface area contributed by atoms with Gasteiger partial charge in [-0.25, -0.2) is 0 Å². The summed E-state index contributed by atoms with van der Waals surface area (Å²) in [6.45, 7) is 1.87. The summed E-state index contributed by atoms with van der Waals surface area (Å²) in [7, 11) is 0. The highest BCUT2D eigenvalue weighted by molar-refractivity contribution is 9.10. The highest BCUT2D eigenvalue weighted by Gasteiger charge is 2.18. The second-order valence-corrected chi connectivity index (χ2v) is 5.89. The molecule has 0 radical (unpaired) electrons. The van der Waals surface area contributed by atoms with Crippen molar-refractivity contribution in [3.05, 3.63) is 62.2 Å². The highest BCUT2D eigenvalue weighted by Crippen LogP contribution is 2.24. The predicted octanol–water partition coefficient (Wildman–Crippen LogP) is 3.79. The molecule has 3 rings (SSSR count). The number of carbonyl (C=O) groups excluding carboxylic acids is 1. The van der Waals surface area contributed by atoms with Gasteiger partial charge in [0.1, 0.15) is 0 Å². The number of nitrogens with one attached hydrogen (secondary N) is 2. The van der Waals surface area contributed by atoms with Crippen molar-refractivity contribution in [2.45, 2.75) is 6.92 Å². The number of benzene rings is 2. The third kappa shape index (κ3) is 2.93. The maximum Gasteiger partial charge on any atom is 0.276 e. The first-order chi connectivity index (χ1) is 11.0. The van der Waals surface area contributed by atoms with Crippen LogP contribution in [0.4, 0.5) is 11.4 Å². The molecule has 0 saturated heterocycles. The van der Waals surface area contributed by atoms with Crippen molar-refractivity contribution in [2.75, 3.05) is 5.32 Å². The minimum absolute atomic E-state index is 0.0900. The van der Waals surface area contributed by atoms with Gasteiger partial charge in [0.05, 0.1) is 10.4 Å². The standard InChI is InChI=1S/C15H11BrN4O3/c1-8-6-9(16)2-4-12(8)17-15(21)14-11-7-10(20(22)23)3-5-13(11)18-19-14/h2-7H,1H3,(H,17,21)(H,18,19). The van der Waals surface area contributed by atoms with Crippen molar-refractivity contribution in [3.63, 3.8) is 0 Å². The first-order valence-electron chi connectivity index (χ1n) is 6.66. The third-order valence-corrected chi connectivity index (χ3v) is 3.90. The number of non-ortho nitro benzene ring substituents is 1. The van der Waals surface area contributed by atoms with Crippen LogP contribution in [-0.4, -0.2) is 21.0 Å². The molecule has 8 heteroatoms. The van der Waals surface area contributed by atoms with Gasteiger partial charge in [-0.3, -0.25) is 20.0 Å². The number of aryl methyl sites for hydroxylation is 1. The number of nitro groups is 1. The Morgan fingerprint density at radius 2 is 2.09 bits per heavy atom. The molecule has 3 aromatic rings. The number of rotatable bonds is 3. The first-order valence-corrected chi connectivity index (χ1v) is 7.45. The van der Waals surface area contributed by atoms with Gasteiger partial charge in [-0.15, -0.1) is 0 Å². The number of aromatic nitrogens is 2. The number of carbonyl (C=O) groups is 1. The molecule has 0 spiro atoms. The summed E-state index contributed by atoms with van der Waals surface area (Å²) in [5.74, 6) is -0.429. The van der Waals surface area contributed by atoms with Gasteiger partial charge < -0.3 is 5.32 Å². The van der Waals surface area contributed by atoms with Crippen molar-refractivity contribution in [2.24, 2.45) is 0 Å². The molecule has 23 heavy (non-hydrogen) atoms. The maximum atomic E-state index is 12.4. The number of nitrogens with zero attached hydrogens (tertiary/aromatic N) is 2. The van der Waals surface area contributed by atoms with Gasteiger partial charge in [0.25, 0.3) is 11.6 Å². The largest absolute Gasteiger partial charge is 0.320 e. The van der Waals surface area contributed by atoms with Crippen LogP contribution in [0, 0.1) is 17.0 Å². The van der Waals surface area contributed by atoms with Crippen molar-refractivity contribution in [1.29, 1.82) is 0 Å². The van der Waals surface area contributed by atoms with Crippen LogP contribution in [0.2, 0.25) is 0 Å². The Kier molecular flexibility index (Phi) is 3.83. The lowest BCUT2D eigenvalue weighted by Crippen LogP contribution is -2.13. The Balaban J connectivity index is 1.97. The van der Waals surface area contributed by atoms with Gasteiger partial charge in [-0.05, 0) is 36.8 Å². The Hall–Kier alpha value is -2.74. The topological polar surface area (TPSA) is 101 Å².